The average Bonchev–Trinajstić information content (AvgIpc) is 2.79. The SMILES string of the molecule is Cc1cc(C(=O)N2CCCCC2C)ccc1NC(=O)c1cc(N2CC(C)OC(C)C2)ccn1. The molecule has 2 saturated heterocycles. The predicted molar refractivity (Wildman–Crippen MR) is 130 cm³/mol. The van der Waals surface area contributed by atoms with Crippen LogP contribution in [0.1, 0.15) is 66.4 Å². The first-order valence-corrected chi connectivity index (χ1v) is 11.9. The van der Waals surface area contributed by atoms with Crippen molar-refractivity contribution in [1.82, 2.24) is 9.88 Å². The number of morpholine rings is 1. The Kier molecular flexibility index (Phi) is 6.98. The van der Waals surface area contributed by atoms with E-state index in [1.807, 2.05) is 36.1 Å². The lowest BCUT2D eigenvalue weighted by atomic mass is 10.0. The Morgan fingerprint density at radius 2 is 1.82 bits per heavy atom. The molecule has 2 aromatic rings. The molecule has 0 saturated carbocycles. The third kappa shape index (κ3) is 5.36. The summed E-state index contributed by atoms with van der Waals surface area (Å²) in [5.74, 6) is -0.204. The number of aromatic nitrogens is 1. The highest BCUT2D eigenvalue weighted by molar-refractivity contribution is 6.04. The number of amides is 2. The van der Waals surface area contributed by atoms with Crippen LogP contribution in [0.15, 0.2) is 36.5 Å². The van der Waals surface area contributed by atoms with Crippen molar-refractivity contribution in [2.45, 2.75) is 65.2 Å². The molecule has 2 amide bonds. The summed E-state index contributed by atoms with van der Waals surface area (Å²) >= 11 is 0. The summed E-state index contributed by atoms with van der Waals surface area (Å²) in [6.07, 6.45) is 5.22. The van der Waals surface area contributed by atoms with Crippen LogP contribution >= 0.6 is 0 Å². The summed E-state index contributed by atoms with van der Waals surface area (Å²) in [7, 11) is 0. The number of piperidine rings is 1. The maximum absolute atomic E-state index is 13.0. The van der Waals surface area contributed by atoms with Gasteiger partial charge in [0.25, 0.3) is 11.8 Å². The fourth-order valence-electron chi connectivity index (χ4n) is 4.82. The van der Waals surface area contributed by atoms with Crippen molar-refractivity contribution in [3.63, 3.8) is 0 Å². The van der Waals surface area contributed by atoms with Crippen LogP contribution < -0.4 is 10.2 Å². The lowest BCUT2D eigenvalue weighted by molar-refractivity contribution is -0.00522. The molecule has 3 heterocycles. The van der Waals surface area contributed by atoms with E-state index in [1.54, 1.807) is 12.3 Å². The molecule has 176 valence electrons. The number of pyridine rings is 1. The Morgan fingerprint density at radius 3 is 2.52 bits per heavy atom. The Labute approximate surface area is 196 Å². The first-order chi connectivity index (χ1) is 15.8. The van der Waals surface area contributed by atoms with E-state index in [1.165, 1.54) is 6.42 Å². The Balaban J connectivity index is 1.46. The summed E-state index contributed by atoms with van der Waals surface area (Å²) in [6, 6.07) is 9.48. The molecule has 0 spiro atoms. The Bertz CT molecular complexity index is 1010. The lowest BCUT2D eigenvalue weighted by Crippen LogP contribution is -2.45. The van der Waals surface area contributed by atoms with Crippen molar-refractivity contribution in [3.8, 4) is 0 Å². The number of ether oxygens (including phenoxy) is 1. The lowest BCUT2D eigenvalue weighted by Gasteiger charge is -2.36. The number of aryl methyl sites for hydroxylation is 1. The number of hydrogen-bond acceptors (Lipinski definition) is 5. The van der Waals surface area contributed by atoms with Crippen LogP contribution in [-0.4, -0.2) is 59.6 Å². The molecular formula is C26H34N4O3. The van der Waals surface area contributed by atoms with Crippen LogP contribution in [-0.2, 0) is 4.74 Å². The third-order valence-electron chi connectivity index (χ3n) is 6.55. The number of rotatable bonds is 4. The van der Waals surface area contributed by atoms with Gasteiger partial charge in [-0.15, -0.1) is 0 Å². The highest BCUT2D eigenvalue weighted by Crippen LogP contribution is 2.24. The predicted octanol–water partition coefficient (Wildman–Crippen LogP) is 4.27. The highest BCUT2D eigenvalue weighted by Gasteiger charge is 2.25. The molecule has 2 aliphatic rings. The molecule has 1 aromatic heterocycles. The molecule has 1 aromatic carbocycles. The van der Waals surface area contributed by atoms with E-state index in [0.29, 0.717) is 16.9 Å². The zero-order valence-corrected chi connectivity index (χ0v) is 20.0. The number of likely N-dealkylation sites (tertiary alicyclic amines) is 1. The van der Waals surface area contributed by atoms with Gasteiger partial charge in [0.05, 0.1) is 12.2 Å². The van der Waals surface area contributed by atoms with Crippen molar-refractivity contribution in [2.24, 2.45) is 0 Å². The number of carbonyl (C=O) groups excluding carboxylic acids is 2. The zero-order chi connectivity index (χ0) is 23.5. The summed E-state index contributed by atoms with van der Waals surface area (Å²) < 4.78 is 5.82. The van der Waals surface area contributed by atoms with Gasteiger partial charge in [0.1, 0.15) is 5.69 Å². The van der Waals surface area contributed by atoms with Gasteiger partial charge < -0.3 is 19.9 Å². The van der Waals surface area contributed by atoms with Crippen LogP contribution in [0.2, 0.25) is 0 Å². The number of nitrogens with zero attached hydrogens (tertiary/aromatic N) is 3. The van der Waals surface area contributed by atoms with Crippen molar-refractivity contribution >= 4 is 23.2 Å². The first-order valence-electron chi connectivity index (χ1n) is 11.9. The molecule has 33 heavy (non-hydrogen) atoms. The average molecular weight is 451 g/mol. The fraction of sp³-hybridized carbons (Fsp3) is 0.500. The molecule has 4 rings (SSSR count). The molecule has 3 atom stereocenters. The largest absolute Gasteiger partial charge is 0.372 e. The number of nitrogens with one attached hydrogen (secondary N) is 1. The quantitative estimate of drug-likeness (QED) is 0.753. The number of carbonyl (C=O) groups is 2. The second-order valence-electron chi connectivity index (χ2n) is 9.39. The van der Waals surface area contributed by atoms with Gasteiger partial charge in [-0.1, -0.05) is 0 Å². The van der Waals surface area contributed by atoms with Gasteiger partial charge in [-0.25, -0.2) is 0 Å². The van der Waals surface area contributed by atoms with Crippen LogP contribution in [0.5, 0.6) is 0 Å². The van der Waals surface area contributed by atoms with Gasteiger partial charge in [0.15, 0.2) is 0 Å². The van der Waals surface area contributed by atoms with E-state index in [-0.39, 0.29) is 30.1 Å². The molecule has 2 aliphatic heterocycles. The van der Waals surface area contributed by atoms with E-state index in [2.05, 4.69) is 36.0 Å². The first kappa shape index (κ1) is 23.2. The molecule has 0 radical (unpaired) electrons. The number of hydrogen-bond donors (Lipinski definition) is 1. The number of benzene rings is 1. The second-order valence-corrected chi connectivity index (χ2v) is 9.39. The van der Waals surface area contributed by atoms with Crippen LogP contribution in [0, 0.1) is 6.92 Å². The maximum Gasteiger partial charge on any atom is 0.274 e. The molecule has 1 N–H and O–H groups in total. The zero-order valence-electron chi connectivity index (χ0n) is 20.0. The summed E-state index contributed by atoms with van der Waals surface area (Å²) in [5.41, 5.74) is 3.52. The minimum atomic E-state index is -0.266. The van der Waals surface area contributed by atoms with Gasteiger partial charge in [0, 0.05) is 48.8 Å². The second kappa shape index (κ2) is 9.91. The van der Waals surface area contributed by atoms with E-state index in [4.69, 9.17) is 4.74 Å². The molecule has 2 fully saturated rings. The minimum absolute atomic E-state index is 0.0616. The van der Waals surface area contributed by atoms with Gasteiger partial charge in [0.2, 0.25) is 0 Å². The summed E-state index contributed by atoms with van der Waals surface area (Å²) in [6.45, 7) is 10.5. The van der Waals surface area contributed by atoms with E-state index in [9.17, 15) is 9.59 Å². The van der Waals surface area contributed by atoms with E-state index >= 15 is 0 Å². The summed E-state index contributed by atoms with van der Waals surface area (Å²) in [4.78, 5) is 34.4. The van der Waals surface area contributed by atoms with Crippen molar-refractivity contribution in [3.05, 3.63) is 53.3 Å². The van der Waals surface area contributed by atoms with Crippen molar-refractivity contribution in [2.75, 3.05) is 29.9 Å². The van der Waals surface area contributed by atoms with Crippen LogP contribution in [0.25, 0.3) is 0 Å². The molecular weight excluding hydrogens is 416 g/mol. The smallest absolute Gasteiger partial charge is 0.274 e. The number of anilines is 2. The highest BCUT2D eigenvalue weighted by atomic mass is 16.5. The van der Waals surface area contributed by atoms with E-state index < -0.39 is 0 Å². The molecule has 7 nitrogen and oxygen atoms in total. The van der Waals surface area contributed by atoms with Crippen molar-refractivity contribution in [1.29, 1.82) is 0 Å². The van der Waals surface area contributed by atoms with E-state index in [0.717, 1.165) is 43.7 Å². The van der Waals surface area contributed by atoms with Crippen LogP contribution in [0.4, 0.5) is 11.4 Å². The van der Waals surface area contributed by atoms with Gasteiger partial charge in [-0.2, -0.15) is 0 Å². The topological polar surface area (TPSA) is 74.8 Å². The Morgan fingerprint density at radius 1 is 1.06 bits per heavy atom. The molecule has 0 aliphatic carbocycles. The molecule has 0 bridgehead atoms. The van der Waals surface area contributed by atoms with Gasteiger partial charge in [-0.05, 0) is 82.9 Å². The fourth-order valence-corrected chi connectivity index (χ4v) is 4.82. The summed E-state index contributed by atoms with van der Waals surface area (Å²) in [5, 5.41) is 2.96. The Hall–Kier alpha value is -2.93. The molecule has 3 unspecified atom stereocenters. The maximum atomic E-state index is 13.0. The van der Waals surface area contributed by atoms with Gasteiger partial charge in [-0.3, -0.25) is 14.6 Å². The van der Waals surface area contributed by atoms with Gasteiger partial charge >= 0.3 is 0 Å². The third-order valence-corrected chi connectivity index (χ3v) is 6.55. The standard InChI is InChI=1S/C26H34N4O3/c1-17-13-21(26(32)30-12-6-5-7-18(30)2)8-9-23(17)28-25(31)24-14-22(10-11-27-24)29-15-19(3)33-20(4)16-29/h8-11,13-14,18-20H,5-7,12,15-16H2,1-4H3,(H,28,31). The van der Waals surface area contributed by atoms with Crippen molar-refractivity contribution < 1.29 is 14.3 Å². The van der Waals surface area contributed by atoms with Crippen LogP contribution in [0.3, 0.4) is 0 Å². The monoisotopic (exact) mass is 450 g/mol. The minimum Gasteiger partial charge on any atom is -0.372 e. The normalized spacial score (nSPS) is 23.3. The molecule has 7 heteroatoms.